The van der Waals surface area contributed by atoms with Crippen LogP contribution in [0.4, 0.5) is 10.6 Å². The van der Waals surface area contributed by atoms with Crippen LogP contribution < -0.4 is 10.2 Å². The molecule has 1 aromatic carbocycles. The predicted molar refractivity (Wildman–Crippen MR) is 96.2 cm³/mol. The van der Waals surface area contributed by atoms with Crippen molar-refractivity contribution in [1.29, 1.82) is 0 Å². The van der Waals surface area contributed by atoms with Crippen molar-refractivity contribution >= 4 is 29.4 Å². The molecule has 0 aliphatic carbocycles. The van der Waals surface area contributed by atoms with Gasteiger partial charge in [-0.15, -0.1) is 0 Å². The fraction of sp³-hybridized carbons (Fsp3) is 0.278. The van der Waals surface area contributed by atoms with Crippen molar-refractivity contribution in [3.63, 3.8) is 0 Å². The van der Waals surface area contributed by atoms with Crippen LogP contribution in [0.15, 0.2) is 42.6 Å². The van der Waals surface area contributed by atoms with E-state index < -0.39 is 12.3 Å². The van der Waals surface area contributed by atoms with Gasteiger partial charge in [-0.05, 0) is 18.2 Å². The highest BCUT2D eigenvalue weighted by molar-refractivity contribution is 6.30. The molecule has 0 radical (unpaired) electrons. The molecule has 2 amide bonds. The van der Waals surface area contributed by atoms with Crippen LogP contribution in [0.3, 0.4) is 0 Å². The number of hydrogen-bond acceptors (Lipinski definition) is 5. The van der Waals surface area contributed by atoms with Gasteiger partial charge in [0.25, 0.3) is 5.91 Å². The molecule has 4 rings (SSSR count). The topological polar surface area (TPSA) is 74.8 Å². The molecule has 2 aliphatic heterocycles. The third-order valence-electron chi connectivity index (χ3n) is 4.46. The summed E-state index contributed by atoms with van der Waals surface area (Å²) < 4.78 is 5.74. The first-order chi connectivity index (χ1) is 12.6. The highest BCUT2D eigenvalue weighted by Crippen LogP contribution is 2.37. The molecule has 1 N–H and O–H groups in total. The minimum atomic E-state index is -0.852. The summed E-state index contributed by atoms with van der Waals surface area (Å²) in [5.41, 5.74) is 1.15. The predicted octanol–water partition coefficient (Wildman–Crippen LogP) is 2.44. The number of hydrogen-bond donors (Lipinski definition) is 1. The Morgan fingerprint density at radius 3 is 2.69 bits per heavy atom. The van der Waals surface area contributed by atoms with Crippen molar-refractivity contribution in [3.8, 4) is 0 Å². The number of ether oxygens (including phenoxy) is 1. The van der Waals surface area contributed by atoms with Crippen LogP contribution >= 0.6 is 11.6 Å². The molecule has 3 heterocycles. The lowest BCUT2D eigenvalue weighted by Crippen LogP contribution is -2.47. The van der Waals surface area contributed by atoms with E-state index in [1.807, 2.05) is 6.07 Å². The van der Waals surface area contributed by atoms with Crippen LogP contribution in [0.5, 0.6) is 0 Å². The highest BCUT2D eigenvalue weighted by Gasteiger charge is 2.41. The van der Waals surface area contributed by atoms with Gasteiger partial charge in [0.05, 0.1) is 5.02 Å². The molecule has 0 saturated carbocycles. The number of pyridine rings is 1. The van der Waals surface area contributed by atoms with Gasteiger partial charge in [-0.1, -0.05) is 29.8 Å². The number of anilines is 1. The Morgan fingerprint density at radius 1 is 1.19 bits per heavy atom. The van der Waals surface area contributed by atoms with E-state index >= 15 is 0 Å². The highest BCUT2D eigenvalue weighted by atomic mass is 35.5. The molecule has 2 aliphatic rings. The largest absolute Gasteiger partial charge is 0.420 e. The van der Waals surface area contributed by atoms with Gasteiger partial charge in [0.15, 0.2) is 0 Å². The van der Waals surface area contributed by atoms with E-state index in [-0.39, 0.29) is 5.91 Å². The Balaban J connectivity index is 1.66. The van der Waals surface area contributed by atoms with Crippen LogP contribution in [0, 0.1) is 0 Å². The smallest absolute Gasteiger partial charge is 0.412 e. The van der Waals surface area contributed by atoms with Crippen LogP contribution in [-0.4, -0.2) is 48.1 Å². The molecule has 7 nitrogen and oxygen atoms in total. The number of piperazine rings is 1. The summed E-state index contributed by atoms with van der Waals surface area (Å²) in [6, 6.07) is 10.4. The average Bonchev–Trinajstić information content (AvgIpc) is 2.95. The number of nitrogens with zero attached hydrogens (tertiary/aromatic N) is 3. The zero-order valence-electron chi connectivity index (χ0n) is 13.9. The Labute approximate surface area is 155 Å². The first-order valence-corrected chi connectivity index (χ1v) is 8.73. The average molecular weight is 373 g/mol. The van der Waals surface area contributed by atoms with Gasteiger partial charge in [0, 0.05) is 43.5 Å². The lowest BCUT2D eigenvalue weighted by molar-refractivity contribution is 0.0578. The fourth-order valence-electron chi connectivity index (χ4n) is 3.15. The summed E-state index contributed by atoms with van der Waals surface area (Å²) in [4.78, 5) is 32.7. The van der Waals surface area contributed by atoms with Crippen molar-refractivity contribution in [2.45, 2.75) is 6.23 Å². The summed E-state index contributed by atoms with van der Waals surface area (Å²) in [6.07, 6.45) is 0.164. The number of benzene rings is 1. The van der Waals surface area contributed by atoms with Crippen LogP contribution in [-0.2, 0) is 4.74 Å². The maximum Gasteiger partial charge on any atom is 0.412 e. The van der Waals surface area contributed by atoms with Gasteiger partial charge >= 0.3 is 6.09 Å². The third kappa shape index (κ3) is 3.00. The van der Waals surface area contributed by atoms with E-state index in [1.54, 1.807) is 35.2 Å². The van der Waals surface area contributed by atoms with Gasteiger partial charge in [0.1, 0.15) is 5.82 Å². The molecule has 0 bridgehead atoms. The number of aromatic nitrogens is 1. The number of halogens is 1. The van der Waals surface area contributed by atoms with Crippen molar-refractivity contribution in [3.05, 3.63) is 58.7 Å². The summed E-state index contributed by atoms with van der Waals surface area (Å²) in [5.74, 6) is 0.127. The molecule has 0 spiro atoms. The molecule has 1 atom stereocenters. The van der Waals surface area contributed by atoms with Gasteiger partial charge in [-0.3, -0.25) is 9.69 Å². The second-order valence-corrected chi connectivity index (χ2v) is 6.51. The van der Waals surface area contributed by atoms with Gasteiger partial charge in [0.2, 0.25) is 6.23 Å². The molecule has 8 heteroatoms. The van der Waals surface area contributed by atoms with Crippen molar-refractivity contribution < 1.29 is 14.3 Å². The zero-order chi connectivity index (χ0) is 18.1. The van der Waals surface area contributed by atoms with Crippen LogP contribution in [0.25, 0.3) is 0 Å². The zero-order valence-corrected chi connectivity index (χ0v) is 14.6. The lowest BCUT2D eigenvalue weighted by Gasteiger charge is -2.30. The van der Waals surface area contributed by atoms with Crippen LogP contribution in [0.2, 0.25) is 5.02 Å². The monoisotopic (exact) mass is 372 g/mol. The number of rotatable bonds is 2. The molecular weight excluding hydrogens is 356 g/mol. The lowest BCUT2D eigenvalue weighted by atomic mass is 10.1. The number of fused-ring (bicyclic) bond motifs is 1. The Kier molecular flexibility index (Phi) is 4.48. The van der Waals surface area contributed by atoms with Gasteiger partial charge in [-0.2, -0.15) is 0 Å². The Bertz CT molecular complexity index is 837. The molecule has 1 fully saturated rings. The van der Waals surface area contributed by atoms with E-state index in [4.69, 9.17) is 16.3 Å². The Morgan fingerprint density at radius 2 is 1.96 bits per heavy atom. The van der Waals surface area contributed by atoms with Crippen molar-refractivity contribution in [1.82, 2.24) is 15.2 Å². The van der Waals surface area contributed by atoms with Gasteiger partial charge in [-0.25, -0.2) is 9.78 Å². The SMILES string of the molecule is O=C(O[C@H]1c2ccccc2C(=O)N1c1ccc(Cl)cn1)N1CCNCC1. The van der Waals surface area contributed by atoms with Crippen LogP contribution in [0.1, 0.15) is 22.1 Å². The van der Waals surface area contributed by atoms with E-state index in [0.29, 0.717) is 35.1 Å². The van der Waals surface area contributed by atoms with Crippen molar-refractivity contribution in [2.24, 2.45) is 0 Å². The summed E-state index contributed by atoms with van der Waals surface area (Å²) in [6.45, 7) is 2.58. The maximum atomic E-state index is 12.9. The first kappa shape index (κ1) is 16.8. The van der Waals surface area contributed by atoms with E-state index in [1.165, 1.54) is 11.1 Å². The quantitative estimate of drug-likeness (QED) is 0.876. The Hall–Kier alpha value is -2.64. The molecule has 1 aromatic heterocycles. The summed E-state index contributed by atoms with van der Waals surface area (Å²) in [7, 11) is 0. The second kappa shape index (κ2) is 6.93. The third-order valence-corrected chi connectivity index (χ3v) is 4.68. The number of carbonyl (C=O) groups is 2. The second-order valence-electron chi connectivity index (χ2n) is 6.07. The number of amides is 2. The molecular formula is C18H17ClN4O3. The summed E-state index contributed by atoms with van der Waals surface area (Å²) >= 11 is 5.90. The number of nitrogens with one attached hydrogen (secondary N) is 1. The summed E-state index contributed by atoms with van der Waals surface area (Å²) in [5, 5.41) is 3.65. The minimum Gasteiger partial charge on any atom is -0.420 e. The molecule has 2 aromatic rings. The normalized spacial score (nSPS) is 19.4. The first-order valence-electron chi connectivity index (χ1n) is 8.35. The molecule has 134 valence electrons. The molecule has 0 unspecified atom stereocenters. The standard InChI is InChI=1S/C18H17ClN4O3/c19-12-5-6-15(21-11-12)23-16(24)13-3-1-2-4-14(13)17(23)26-18(25)22-9-7-20-8-10-22/h1-6,11,17,20H,7-10H2/t17-/m0/s1. The van der Waals surface area contributed by atoms with E-state index in [0.717, 1.165) is 13.1 Å². The van der Waals surface area contributed by atoms with E-state index in [9.17, 15) is 9.59 Å². The molecule has 1 saturated heterocycles. The maximum absolute atomic E-state index is 12.9. The fourth-order valence-corrected chi connectivity index (χ4v) is 3.26. The number of carbonyl (C=O) groups excluding carboxylic acids is 2. The van der Waals surface area contributed by atoms with E-state index in [2.05, 4.69) is 10.3 Å². The van der Waals surface area contributed by atoms with Crippen molar-refractivity contribution in [2.75, 3.05) is 31.1 Å². The van der Waals surface area contributed by atoms with Gasteiger partial charge < -0.3 is 15.0 Å². The minimum absolute atomic E-state index is 0.256. The molecule has 26 heavy (non-hydrogen) atoms.